The lowest BCUT2D eigenvalue weighted by molar-refractivity contribution is 0.0510. The van der Waals surface area contributed by atoms with Gasteiger partial charge in [-0.25, -0.2) is 23.1 Å². The van der Waals surface area contributed by atoms with Crippen molar-refractivity contribution in [2.24, 2.45) is 0 Å². The third-order valence-electron chi connectivity index (χ3n) is 3.80. The average Bonchev–Trinajstić information content (AvgIpc) is 2.61. The van der Waals surface area contributed by atoms with Crippen molar-refractivity contribution in [1.82, 2.24) is 14.9 Å². The van der Waals surface area contributed by atoms with Crippen molar-refractivity contribution in [3.8, 4) is 6.01 Å². The van der Waals surface area contributed by atoms with Gasteiger partial charge in [0.25, 0.3) is 5.91 Å². The van der Waals surface area contributed by atoms with E-state index in [9.17, 15) is 18.0 Å². The second-order valence-electron chi connectivity index (χ2n) is 5.54. The Morgan fingerprint density at radius 2 is 1.92 bits per heavy atom. The van der Waals surface area contributed by atoms with Gasteiger partial charge in [0, 0.05) is 18.9 Å². The Hall–Kier alpha value is -2.16. The third-order valence-corrected chi connectivity index (χ3v) is 4.21. The summed E-state index contributed by atoms with van der Waals surface area (Å²) in [4.78, 5) is 21.8. The van der Waals surface area contributed by atoms with Crippen molar-refractivity contribution >= 4 is 21.8 Å². The molecule has 1 aromatic heterocycles. The molecule has 1 atom stereocenters. The van der Waals surface area contributed by atoms with Crippen LogP contribution in [0.15, 0.2) is 29.0 Å². The van der Waals surface area contributed by atoms with Crippen LogP contribution in [0.25, 0.3) is 0 Å². The van der Waals surface area contributed by atoms with Gasteiger partial charge in [0.2, 0.25) is 0 Å². The fraction of sp³-hybridized carbons (Fsp3) is 0.312. The fourth-order valence-corrected chi connectivity index (χ4v) is 2.80. The molecule has 1 aromatic carbocycles. The molecular formula is C16H13BrF3N3O2. The molecule has 1 saturated heterocycles. The van der Waals surface area contributed by atoms with Gasteiger partial charge in [-0.2, -0.15) is 0 Å². The molecular weight excluding hydrogens is 403 g/mol. The summed E-state index contributed by atoms with van der Waals surface area (Å²) in [5.41, 5.74) is -0.501. The molecule has 9 heteroatoms. The quantitative estimate of drug-likeness (QED) is 0.721. The highest BCUT2D eigenvalue weighted by atomic mass is 79.9. The van der Waals surface area contributed by atoms with E-state index < -0.39 is 28.9 Å². The van der Waals surface area contributed by atoms with E-state index in [0.29, 0.717) is 23.9 Å². The van der Waals surface area contributed by atoms with Crippen LogP contribution in [-0.4, -0.2) is 40.0 Å². The second kappa shape index (κ2) is 7.38. The zero-order valence-electron chi connectivity index (χ0n) is 12.9. The maximum absolute atomic E-state index is 13.8. The molecule has 1 fully saturated rings. The summed E-state index contributed by atoms with van der Waals surface area (Å²) in [5.74, 6) is -5.18. The van der Waals surface area contributed by atoms with Gasteiger partial charge in [0.15, 0.2) is 17.5 Å². The maximum Gasteiger partial charge on any atom is 0.316 e. The van der Waals surface area contributed by atoms with Gasteiger partial charge in [-0.05, 0) is 40.9 Å². The van der Waals surface area contributed by atoms with Crippen molar-refractivity contribution < 1.29 is 22.7 Å². The van der Waals surface area contributed by atoms with Gasteiger partial charge in [-0.15, -0.1) is 0 Å². The van der Waals surface area contributed by atoms with Crippen molar-refractivity contribution in [1.29, 1.82) is 0 Å². The number of carbonyl (C=O) groups is 1. The Bertz CT molecular complexity index is 789. The first-order valence-corrected chi connectivity index (χ1v) is 8.32. The lowest BCUT2D eigenvalue weighted by Crippen LogP contribution is -2.44. The summed E-state index contributed by atoms with van der Waals surface area (Å²) in [6, 6.07) is 1.85. The van der Waals surface area contributed by atoms with Crippen LogP contribution < -0.4 is 4.74 Å². The number of rotatable bonds is 3. The standard InChI is InChI=1S/C16H13BrF3N3O2/c17-9-6-21-16(22-7-9)25-10-2-1-5-23(8-10)15(24)11-3-4-12(18)14(20)13(11)19/h3-4,6-7,10H,1-2,5,8H2/t10-/m0/s1. The molecule has 0 saturated carbocycles. The number of hydrogen-bond acceptors (Lipinski definition) is 4. The first-order chi connectivity index (χ1) is 12.0. The molecule has 25 heavy (non-hydrogen) atoms. The zero-order valence-corrected chi connectivity index (χ0v) is 14.5. The predicted molar refractivity (Wildman–Crippen MR) is 85.6 cm³/mol. The molecule has 0 N–H and O–H groups in total. The molecule has 3 rings (SSSR count). The van der Waals surface area contributed by atoms with Crippen molar-refractivity contribution in [2.75, 3.05) is 13.1 Å². The Morgan fingerprint density at radius 3 is 2.64 bits per heavy atom. The Labute approximate surface area is 150 Å². The Morgan fingerprint density at radius 1 is 1.20 bits per heavy atom. The SMILES string of the molecule is O=C(c1ccc(F)c(F)c1F)N1CCC[C@H](Oc2ncc(Br)cn2)C1. The molecule has 2 heterocycles. The summed E-state index contributed by atoms with van der Waals surface area (Å²) in [6.45, 7) is 0.551. The van der Waals surface area contributed by atoms with Gasteiger partial charge in [0.05, 0.1) is 16.6 Å². The second-order valence-corrected chi connectivity index (χ2v) is 6.46. The number of halogens is 4. The first kappa shape index (κ1) is 17.7. The molecule has 0 aliphatic carbocycles. The summed E-state index contributed by atoms with van der Waals surface area (Å²) in [7, 11) is 0. The van der Waals surface area contributed by atoms with Crippen molar-refractivity contribution in [2.45, 2.75) is 18.9 Å². The fourth-order valence-electron chi connectivity index (χ4n) is 2.59. The van der Waals surface area contributed by atoms with Crippen molar-refractivity contribution in [3.05, 3.63) is 52.0 Å². The van der Waals surface area contributed by atoms with E-state index in [1.807, 2.05) is 0 Å². The molecule has 0 unspecified atom stereocenters. The molecule has 5 nitrogen and oxygen atoms in total. The lowest BCUT2D eigenvalue weighted by atomic mass is 10.1. The summed E-state index contributed by atoms with van der Waals surface area (Å²) in [6.07, 6.45) is 3.99. The number of benzene rings is 1. The van der Waals surface area contributed by atoms with Crippen LogP contribution in [0, 0.1) is 17.5 Å². The molecule has 0 radical (unpaired) electrons. The van der Waals surface area contributed by atoms with Crippen molar-refractivity contribution in [3.63, 3.8) is 0 Å². The molecule has 1 aliphatic rings. The monoisotopic (exact) mass is 415 g/mol. The minimum Gasteiger partial charge on any atom is -0.458 e. The number of carbonyl (C=O) groups excluding carboxylic acids is 1. The van der Waals surface area contributed by atoms with E-state index in [2.05, 4.69) is 25.9 Å². The van der Waals surface area contributed by atoms with Crippen LogP contribution in [0.2, 0.25) is 0 Å². The van der Waals surface area contributed by atoms with Crippen LogP contribution in [0.5, 0.6) is 6.01 Å². The number of piperidine rings is 1. The van der Waals surface area contributed by atoms with E-state index in [4.69, 9.17) is 4.74 Å². The van der Waals surface area contributed by atoms with E-state index >= 15 is 0 Å². The Kier molecular flexibility index (Phi) is 5.22. The largest absolute Gasteiger partial charge is 0.458 e. The lowest BCUT2D eigenvalue weighted by Gasteiger charge is -2.32. The van der Waals surface area contributed by atoms with Gasteiger partial charge < -0.3 is 9.64 Å². The summed E-state index contributed by atoms with van der Waals surface area (Å²) in [5, 5.41) is 0. The highest BCUT2D eigenvalue weighted by Crippen LogP contribution is 2.21. The van der Waals surface area contributed by atoms with E-state index in [1.165, 1.54) is 17.3 Å². The van der Waals surface area contributed by atoms with Crippen LogP contribution in [0.3, 0.4) is 0 Å². The summed E-state index contributed by atoms with van der Waals surface area (Å²) < 4.78 is 46.5. The summed E-state index contributed by atoms with van der Waals surface area (Å²) >= 11 is 3.22. The maximum atomic E-state index is 13.8. The van der Waals surface area contributed by atoms with E-state index in [-0.39, 0.29) is 18.7 Å². The minimum absolute atomic E-state index is 0.168. The molecule has 0 bridgehead atoms. The van der Waals surface area contributed by atoms with Crippen LogP contribution in [0.1, 0.15) is 23.2 Å². The highest BCUT2D eigenvalue weighted by Gasteiger charge is 2.29. The third kappa shape index (κ3) is 3.92. The van der Waals surface area contributed by atoms with Gasteiger partial charge >= 0.3 is 6.01 Å². The average molecular weight is 416 g/mol. The zero-order chi connectivity index (χ0) is 18.0. The Balaban J connectivity index is 1.71. The number of nitrogens with zero attached hydrogens (tertiary/aromatic N) is 3. The normalized spacial score (nSPS) is 17.4. The number of amides is 1. The number of aromatic nitrogens is 2. The molecule has 1 amide bonds. The van der Waals surface area contributed by atoms with Crippen LogP contribution in [0.4, 0.5) is 13.2 Å². The molecule has 132 valence electrons. The van der Waals surface area contributed by atoms with Crippen LogP contribution >= 0.6 is 15.9 Å². The van der Waals surface area contributed by atoms with Crippen LogP contribution in [-0.2, 0) is 0 Å². The van der Waals surface area contributed by atoms with E-state index in [1.54, 1.807) is 0 Å². The van der Waals surface area contributed by atoms with Gasteiger partial charge in [-0.1, -0.05) is 0 Å². The molecule has 2 aromatic rings. The number of hydrogen-bond donors (Lipinski definition) is 0. The number of likely N-dealkylation sites (tertiary alicyclic amines) is 1. The minimum atomic E-state index is -1.65. The predicted octanol–water partition coefficient (Wildman–Crippen LogP) is 3.34. The van der Waals surface area contributed by atoms with Gasteiger partial charge in [-0.3, -0.25) is 4.79 Å². The highest BCUT2D eigenvalue weighted by molar-refractivity contribution is 9.10. The molecule has 0 spiro atoms. The topological polar surface area (TPSA) is 55.3 Å². The smallest absolute Gasteiger partial charge is 0.316 e. The molecule has 1 aliphatic heterocycles. The first-order valence-electron chi connectivity index (χ1n) is 7.52. The number of ether oxygens (including phenoxy) is 1. The van der Waals surface area contributed by atoms with Gasteiger partial charge in [0.1, 0.15) is 6.10 Å². The van der Waals surface area contributed by atoms with E-state index in [0.717, 1.165) is 12.1 Å².